The van der Waals surface area contributed by atoms with Crippen LogP contribution in [0.2, 0.25) is 0 Å². The second-order valence-corrected chi connectivity index (χ2v) is 5.22. The molecule has 0 bridgehead atoms. The summed E-state index contributed by atoms with van der Waals surface area (Å²) in [5, 5.41) is 0. The van der Waals surface area contributed by atoms with Crippen molar-refractivity contribution in [1.82, 2.24) is 0 Å². The molecule has 0 aliphatic heterocycles. The smallest absolute Gasteiger partial charge is 0.175 e. The average Bonchev–Trinajstić information content (AvgIpc) is 2.37. The molecule has 0 spiro atoms. The van der Waals surface area contributed by atoms with Crippen LogP contribution in [0.5, 0.6) is 11.5 Å². The van der Waals surface area contributed by atoms with Crippen LogP contribution in [0.3, 0.4) is 0 Å². The van der Waals surface area contributed by atoms with Gasteiger partial charge in [-0.1, -0.05) is 20.3 Å². The number of hydrogen-bond donors (Lipinski definition) is 1. The molecule has 0 saturated carbocycles. The summed E-state index contributed by atoms with van der Waals surface area (Å²) in [6.45, 7) is 8.08. The second kappa shape index (κ2) is 7.64. The fourth-order valence-corrected chi connectivity index (χ4v) is 2.09. The summed E-state index contributed by atoms with van der Waals surface area (Å²) < 4.78 is 12.4. The van der Waals surface area contributed by atoms with E-state index in [0.717, 1.165) is 28.0 Å². The van der Waals surface area contributed by atoms with Crippen molar-refractivity contribution in [1.29, 1.82) is 0 Å². The van der Waals surface area contributed by atoms with E-state index in [9.17, 15) is 0 Å². The number of benzene rings is 1. The Morgan fingerprint density at radius 2 is 2.00 bits per heavy atom. The maximum Gasteiger partial charge on any atom is 0.175 e. The van der Waals surface area contributed by atoms with E-state index < -0.39 is 0 Å². The summed E-state index contributed by atoms with van der Waals surface area (Å²) >= 11 is 3.52. The summed E-state index contributed by atoms with van der Waals surface area (Å²) in [6, 6.07) is 3.93. The monoisotopic (exact) mass is 315 g/mol. The summed E-state index contributed by atoms with van der Waals surface area (Å²) in [5.74, 6) is 2.06. The minimum Gasteiger partial charge on any atom is -0.490 e. The van der Waals surface area contributed by atoms with Gasteiger partial charge in [0.1, 0.15) is 0 Å². The first-order valence-electron chi connectivity index (χ1n) is 6.40. The molecule has 1 aromatic rings. The Balaban J connectivity index is 2.92. The average molecular weight is 316 g/mol. The van der Waals surface area contributed by atoms with Crippen LogP contribution in [0.4, 0.5) is 0 Å². The number of hydrogen-bond acceptors (Lipinski definition) is 3. The van der Waals surface area contributed by atoms with Crippen LogP contribution in [-0.4, -0.2) is 13.2 Å². The summed E-state index contributed by atoms with van der Waals surface area (Å²) in [7, 11) is 0. The van der Waals surface area contributed by atoms with E-state index >= 15 is 0 Å². The Morgan fingerprint density at radius 3 is 2.56 bits per heavy atom. The zero-order chi connectivity index (χ0) is 13.5. The van der Waals surface area contributed by atoms with Crippen LogP contribution >= 0.6 is 15.9 Å². The highest BCUT2D eigenvalue weighted by Crippen LogP contribution is 2.37. The van der Waals surface area contributed by atoms with E-state index in [1.165, 1.54) is 0 Å². The maximum atomic E-state index is 5.86. The molecular formula is C14H22BrNO2. The van der Waals surface area contributed by atoms with E-state index in [-0.39, 0.29) is 0 Å². The van der Waals surface area contributed by atoms with E-state index in [1.807, 2.05) is 19.1 Å². The lowest BCUT2D eigenvalue weighted by atomic mass is 10.1. The highest BCUT2D eigenvalue weighted by molar-refractivity contribution is 9.10. The van der Waals surface area contributed by atoms with Gasteiger partial charge in [-0.15, -0.1) is 0 Å². The Hall–Kier alpha value is -0.740. The predicted octanol–water partition coefficient (Wildman–Crippen LogP) is 3.73. The molecule has 102 valence electrons. The lowest BCUT2D eigenvalue weighted by Gasteiger charge is -2.17. The zero-order valence-corrected chi connectivity index (χ0v) is 12.9. The normalized spacial score (nSPS) is 12.3. The van der Waals surface area contributed by atoms with Gasteiger partial charge in [0.25, 0.3) is 0 Å². The Morgan fingerprint density at radius 1 is 1.28 bits per heavy atom. The van der Waals surface area contributed by atoms with Crippen LogP contribution in [0.25, 0.3) is 0 Å². The quantitative estimate of drug-likeness (QED) is 0.833. The molecule has 0 aromatic heterocycles. The van der Waals surface area contributed by atoms with Gasteiger partial charge in [-0.2, -0.15) is 0 Å². The van der Waals surface area contributed by atoms with Gasteiger partial charge in [-0.3, -0.25) is 0 Å². The van der Waals surface area contributed by atoms with Gasteiger partial charge in [-0.05, 0) is 46.5 Å². The highest BCUT2D eigenvalue weighted by atomic mass is 79.9. The van der Waals surface area contributed by atoms with Gasteiger partial charge >= 0.3 is 0 Å². The molecule has 0 fully saturated rings. The first kappa shape index (κ1) is 15.3. The Bertz CT molecular complexity index is 382. The first-order chi connectivity index (χ1) is 8.62. The highest BCUT2D eigenvalue weighted by Gasteiger charge is 2.12. The van der Waals surface area contributed by atoms with Gasteiger partial charge in [-0.25, -0.2) is 0 Å². The molecular weight excluding hydrogens is 294 g/mol. The molecule has 1 rings (SSSR count). The summed E-state index contributed by atoms with van der Waals surface area (Å²) in [6.07, 6.45) is 1.10. The van der Waals surface area contributed by atoms with Gasteiger partial charge in [0.05, 0.1) is 17.7 Å². The van der Waals surface area contributed by atoms with Crippen molar-refractivity contribution in [3.63, 3.8) is 0 Å². The van der Waals surface area contributed by atoms with Gasteiger partial charge in [0.15, 0.2) is 11.5 Å². The van der Waals surface area contributed by atoms with E-state index in [1.54, 1.807) is 0 Å². The lowest BCUT2D eigenvalue weighted by molar-refractivity contribution is 0.236. The Labute approximate surface area is 118 Å². The van der Waals surface area contributed by atoms with Crippen molar-refractivity contribution >= 4 is 15.9 Å². The number of rotatable bonds is 7. The van der Waals surface area contributed by atoms with Crippen molar-refractivity contribution in [2.45, 2.75) is 33.7 Å². The SMILES string of the molecule is CCOc1cc(CN)cc(Br)c1OCC(C)CC. The van der Waals surface area contributed by atoms with Crippen molar-refractivity contribution in [3.05, 3.63) is 22.2 Å². The van der Waals surface area contributed by atoms with Crippen molar-refractivity contribution < 1.29 is 9.47 Å². The fourth-order valence-electron chi connectivity index (χ4n) is 1.49. The van der Waals surface area contributed by atoms with Crippen LogP contribution in [0.1, 0.15) is 32.8 Å². The van der Waals surface area contributed by atoms with Gasteiger partial charge in [0.2, 0.25) is 0 Å². The molecule has 1 atom stereocenters. The van der Waals surface area contributed by atoms with Crippen molar-refractivity contribution in [3.8, 4) is 11.5 Å². The zero-order valence-electron chi connectivity index (χ0n) is 11.3. The molecule has 18 heavy (non-hydrogen) atoms. The molecule has 0 radical (unpaired) electrons. The number of ether oxygens (including phenoxy) is 2. The molecule has 1 unspecified atom stereocenters. The third-order valence-corrected chi connectivity index (χ3v) is 3.40. The minimum atomic E-state index is 0.490. The number of halogens is 1. The fraction of sp³-hybridized carbons (Fsp3) is 0.571. The van der Waals surface area contributed by atoms with Crippen LogP contribution in [0, 0.1) is 5.92 Å². The molecule has 3 nitrogen and oxygen atoms in total. The van der Waals surface area contributed by atoms with Crippen LogP contribution in [0.15, 0.2) is 16.6 Å². The second-order valence-electron chi connectivity index (χ2n) is 4.37. The van der Waals surface area contributed by atoms with Crippen LogP contribution < -0.4 is 15.2 Å². The predicted molar refractivity (Wildman–Crippen MR) is 78.2 cm³/mol. The van der Waals surface area contributed by atoms with Crippen LogP contribution in [-0.2, 0) is 6.54 Å². The third kappa shape index (κ3) is 4.18. The molecule has 4 heteroatoms. The molecule has 1 aromatic carbocycles. The van der Waals surface area contributed by atoms with E-state index in [0.29, 0.717) is 25.7 Å². The van der Waals surface area contributed by atoms with E-state index in [4.69, 9.17) is 15.2 Å². The molecule has 0 aliphatic carbocycles. The first-order valence-corrected chi connectivity index (χ1v) is 7.19. The maximum absolute atomic E-state index is 5.86. The van der Waals surface area contributed by atoms with Crippen molar-refractivity contribution in [2.24, 2.45) is 11.7 Å². The largest absolute Gasteiger partial charge is 0.490 e. The molecule has 0 amide bonds. The lowest BCUT2D eigenvalue weighted by Crippen LogP contribution is -2.09. The standard InChI is InChI=1S/C14H22BrNO2/c1-4-10(3)9-18-14-12(15)6-11(8-16)7-13(14)17-5-2/h6-7,10H,4-5,8-9,16H2,1-3H3. The summed E-state index contributed by atoms with van der Waals surface area (Å²) in [4.78, 5) is 0. The topological polar surface area (TPSA) is 44.5 Å². The molecule has 2 N–H and O–H groups in total. The molecule has 0 saturated heterocycles. The van der Waals surface area contributed by atoms with Gasteiger partial charge in [0, 0.05) is 6.54 Å². The molecule has 0 heterocycles. The Kier molecular flexibility index (Phi) is 6.50. The summed E-state index contributed by atoms with van der Waals surface area (Å²) in [5.41, 5.74) is 6.69. The van der Waals surface area contributed by atoms with Crippen molar-refractivity contribution in [2.75, 3.05) is 13.2 Å². The van der Waals surface area contributed by atoms with E-state index in [2.05, 4.69) is 29.8 Å². The minimum absolute atomic E-state index is 0.490. The number of nitrogens with two attached hydrogens (primary N) is 1. The molecule has 0 aliphatic rings. The van der Waals surface area contributed by atoms with Gasteiger partial charge < -0.3 is 15.2 Å². The third-order valence-electron chi connectivity index (χ3n) is 2.81.